The third-order valence-corrected chi connectivity index (χ3v) is 4.77. The number of carbonyl (C=O) groups excluding carboxylic acids is 2. The average Bonchev–Trinajstić information content (AvgIpc) is 2.49. The highest BCUT2D eigenvalue weighted by molar-refractivity contribution is 7.95. The highest BCUT2D eigenvalue weighted by Crippen LogP contribution is 2.20. The van der Waals surface area contributed by atoms with E-state index in [1.165, 1.54) is 24.3 Å². The Balaban J connectivity index is 2.47. The van der Waals surface area contributed by atoms with E-state index >= 15 is 0 Å². The van der Waals surface area contributed by atoms with Gasteiger partial charge in [0.25, 0.3) is 0 Å². The van der Waals surface area contributed by atoms with E-state index in [4.69, 9.17) is 17.3 Å². The van der Waals surface area contributed by atoms with Crippen molar-refractivity contribution >= 4 is 39.5 Å². The lowest BCUT2D eigenvalue weighted by molar-refractivity contribution is 0.112. The van der Waals surface area contributed by atoms with E-state index in [2.05, 4.69) is 9.08 Å². The summed E-state index contributed by atoms with van der Waals surface area (Å²) >= 11 is 5.79. The molecule has 1 atom stereocenters. The van der Waals surface area contributed by atoms with Gasteiger partial charge in [-0.15, -0.1) is 4.36 Å². The van der Waals surface area contributed by atoms with Gasteiger partial charge in [0.05, 0.1) is 4.90 Å². The van der Waals surface area contributed by atoms with Crippen LogP contribution in [0.5, 0.6) is 0 Å². The summed E-state index contributed by atoms with van der Waals surface area (Å²) in [6, 6.07) is 11.2. The number of hydrogen-bond acceptors (Lipinski definition) is 3. The molecule has 22 heavy (non-hydrogen) atoms. The molecule has 0 aliphatic carbocycles. The molecule has 8 heteroatoms. The second-order valence-corrected chi connectivity index (χ2v) is 6.60. The van der Waals surface area contributed by atoms with Crippen molar-refractivity contribution in [2.75, 3.05) is 4.72 Å². The zero-order valence-electron chi connectivity index (χ0n) is 11.2. The predicted octanol–water partition coefficient (Wildman–Crippen LogP) is 3.09. The van der Waals surface area contributed by atoms with Gasteiger partial charge in [-0.25, -0.2) is 9.00 Å². The van der Waals surface area contributed by atoms with Crippen molar-refractivity contribution in [2.24, 2.45) is 10.1 Å². The van der Waals surface area contributed by atoms with Crippen LogP contribution in [0.4, 0.5) is 10.5 Å². The minimum absolute atomic E-state index is 0.229. The van der Waals surface area contributed by atoms with Gasteiger partial charge in [-0.1, -0.05) is 23.7 Å². The summed E-state index contributed by atoms with van der Waals surface area (Å²) in [4.78, 5) is 22.0. The van der Waals surface area contributed by atoms with Gasteiger partial charge in [0.1, 0.15) is 6.29 Å². The number of nitrogens with two attached hydrogens (primary N) is 1. The Morgan fingerprint density at radius 3 is 2.23 bits per heavy atom. The summed E-state index contributed by atoms with van der Waals surface area (Å²) in [6.07, 6.45) is 0.656. The number of nitrogens with zero attached hydrogens (tertiary/aromatic N) is 1. The van der Waals surface area contributed by atoms with Crippen molar-refractivity contribution in [3.63, 3.8) is 0 Å². The van der Waals surface area contributed by atoms with E-state index in [-0.39, 0.29) is 4.90 Å². The molecule has 0 bridgehead atoms. The lowest BCUT2D eigenvalue weighted by Gasteiger charge is -2.13. The van der Waals surface area contributed by atoms with E-state index in [0.29, 0.717) is 22.6 Å². The average molecular weight is 338 g/mol. The number of anilines is 1. The lowest BCUT2D eigenvalue weighted by Crippen LogP contribution is -2.17. The quantitative estimate of drug-likeness (QED) is 0.838. The molecule has 0 radical (unpaired) electrons. The molecule has 1 unspecified atom stereocenters. The maximum Gasteiger partial charge on any atom is 0.348 e. The van der Waals surface area contributed by atoms with Crippen LogP contribution in [0.3, 0.4) is 0 Å². The molecule has 3 N–H and O–H groups in total. The van der Waals surface area contributed by atoms with Crippen LogP contribution < -0.4 is 10.5 Å². The van der Waals surface area contributed by atoms with Gasteiger partial charge in [0.2, 0.25) is 0 Å². The van der Waals surface area contributed by atoms with Crippen molar-refractivity contribution in [2.45, 2.75) is 4.90 Å². The number of carbonyl (C=O) groups is 2. The third kappa shape index (κ3) is 3.84. The van der Waals surface area contributed by atoms with Gasteiger partial charge in [-0.05, 0) is 36.4 Å². The van der Waals surface area contributed by atoms with Crippen LogP contribution in [0, 0.1) is 0 Å². The highest BCUT2D eigenvalue weighted by Gasteiger charge is 2.14. The predicted molar refractivity (Wildman–Crippen MR) is 85.3 cm³/mol. The van der Waals surface area contributed by atoms with Crippen molar-refractivity contribution in [1.29, 1.82) is 0 Å². The van der Waals surface area contributed by atoms with Gasteiger partial charge in [-0.2, -0.15) is 0 Å². The largest absolute Gasteiger partial charge is 0.349 e. The van der Waals surface area contributed by atoms with Crippen LogP contribution in [0.1, 0.15) is 10.4 Å². The van der Waals surface area contributed by atoms with E-state index in [0.717, 1.165) is 0 Å². The fourth-order valence-electron chi connectivity index (χ4n) is 1.67. The number of benzene rings is 2. The zero-order chi connectivity index (χ0) is 16.2. The molecule has 0 aliphatic rings. The van der Waals surface area contributed by atoms with Crippen LogP contribution in [0.2, 0.25) is 5.02 Å². The smallest absolute Gasteiger partial charge is 0.348 e. The van der Waals surface area contributed by atoms with Crippen LogP contribution in [-0.4, -0.2) is 16.5 Å². The Bertz CT molecular complexity index is 810. The fraction of sp³-hybridized carbons (Fsp3) is 0. The molecule has 0 saturated carbocycles. The van der Waals surface area contributed by atoms with Gasteiger partial charge in [-0.3, -0.25) is 9.52 Å². The highest BCUT2D eigenvalue weighted by atomic mass is 35.5. The number of hydrogen-bond donors (Lipinski definition) is 2. The Hall–Kier alpha value is -2.38. The number of urea groups is 1. The maximum atomic E-state index is 13.0. The van der Waals surface area contributed by atoms with Crippen molar-refractivity contribution in [3.8, 4) is 0 Å². The Morgan fingerprint density at radius 1 is 1.14 bits per heavy atom. The van der Waals surface area contributed by atoms with Crippen molar-refractivity contribution in [1.82, 2.24) is 0 Å². The Kier molecular flexibility index (Phi) is 4.79. The van der Waals surface area contributed by atoms with Crippen molar-refractivity contribution < 1.29 is 13.8 Å². The van der Waals surface area contributed by atoms with Gasteiger partial charge >= 0.3 is 6.03 Å². The third-order valence-electron chi connectivity index (χ3n) is 2.65. The second kappa shape index (κ2) is 6.59. The van der Waals surface area contributed by atoms with E-state index in [9.17, 15) is 13.8 Å². The summed E-state index contributed by atoms with van der Waals surface area (Å²) < 4.78 is 19.1. The number of nitrogens with one attached hydrogen (secondary N) is 1. The molecule has 6 nitrogen and oxygen atoms in total. The van der Waals surface area contributed by atoms with Gasteiger partial charge in [0.15, 0.2) is 9.92 Å². The summed E-state index contributed by atoms with van der Waals surface area (Å²) in [5.41, 5.74) is 5.92. The summed E-state index contributed by atoms with van der Waals surface area (Å²) in [5, 5.41) is 0.513. The number of halogens is 1. The SMILES string of the molecule is NC(=O)N=S(=O)(Nc1ccc(Cl)cc1)c1ccc(C=O)cc1. The number of amides is 2. The fourth-order valence-corrected chi connectivity index (χ4v) is 3.28. The standard InChI is InChI=1S/C14H12ClN3O3S/c15-11-3-5-12(6-4-11)17-22(21,18-14(16)20)13-7-1-10(9-19)2-8-13/h1-9H,(H3,16,17,18,20,21). The molecule has 0 saturated heterocycles. The van der Waals surface area contributed by atoms with Crippen LogP contribution >= 0.6 is 11.6 Å². The van der Waals surface area contributed by atoms with Crippen LogP contribution in [-0.2, 0) is 9.92 Å². The van der Waals surface area contributed by atoms with Gasteiger partial charge in [0, 0.05) is 16.3 Å². The molecule has 2 amide bonds. The number of primary amides is 1. The van der Waals surface area contributed by atoms with E-state index < -0.39 is 15.9 Å². The lowest BCUT2D eigenvalue weighted by atomic mass is 10.2. The molecule has 0 fully saturated rings. The molecule has 114 valence electrons. The molecule has 0 aromatic heterocycles. The van der Waals surface area contributed by atoms with E-state index in [1.807, 2.05) is 0 Å². The van der Waals surface area contributed by atoms with Crippen LogP contribution in [0.25, 0.3) is 0 Å². The molecular weight excluding hydrogens is 326 g/mol. The first-order valence-corrected chi connectivity index (χ1v) is 7.97. The molecule has 2 rings (SSSR count). The maximum absolute atomic E-state index is 13.0. The first-order chi connectivity index (χ1) is 10.4. The van der Waals surface area contributed by atoms with Gasteiger partial charge < -0.3 is 5.73 Å². The molecule has 0 aliphatic heterocycles. The summed E-state index contributed by atoms with van der Waals surface area (Å²) in [6.45, 7) is 0. The normalized spacial score (nSPS) is 13.0. The first-order valence-electron chi connectivity index (χ1n) is 6.08. The molecule has 2 aromatic rings. The van der Waals surface area contributed by atoms with E-state index in [1.54, 1.807) is 24.3 Å². The van der Waals surface area contributed by atoms with Crippen molar-refractivity contribution in [3.05, 3.63) is 59.1 Å². The molecule has 0 spiro atoms. The minimum atomic E-state index is -3.32. The zero-order valence-corrected chi connectivity index (χ0v) is 12.8. The first kappa shape index (κ1) is 16.0. The molecular formula is C14H12ClN3O3S. The summed E-state index contributed by atoms with van der Waals surface area (Å²) in [5.74, 6) is 0. The Labute approximate surface area is 132 Å². The minimum Gasteiger partial charge on any atom is -0.349 e. The molecule has 2 aromatic carbocycles. The number of aldehydes is 1. The van der Waals surface area contributed by atoms with Crippen LogP contribution in [0.15, 0.2) is 57.8 Å². The number of rotatable bonds is 4. The second-order valence-electron chi connectivity index (χ2n) is 4.25. The Morgan fingerprint density at radius 2 is 1.73 bits per heavy atom. The topological polar surface area (TPSA) is 102 Å². The monoisotopic (exact) mass is 337 g/mol. The summed E-state index contributed by atoms with van der Waals surface area (Å²) in [7, 11) is -3.32. The molecule has 0 heterocycles.